The molecule has 0 spiro atoms. The van der Waals surface area contributed by atoms with E-state index in [1.807, 2.05) is 25.1 Å². The molecule has 7 nitrogen and oxygen atoms in total. The minimum absolute atomic E-state index is 0.0718. The maximum absolute atomic E-state index is 13.1. The van der Waals surface area contributed by atoms with Gasteiger partial charge in [-0.15, -0.1) is 4.40 Å². The number of likely N-dealkylation sites (N-methyl/N-ethyl adjacent to an activating group) is 1. The van der Waals surface area contributed by atoms with E-state index in [0.717, 1.165) is 22.9 Å². The summed E-state index contributed by atoms with van der Waals surface area (Å²) in [6.07, 6.45) is 1.68. The highest BCUT2D eigenvalue weighted by Crippen LogP contribution is 2.36. The molecule has 37 heavy (non-hydrogen) atoms. The number of hydrogen-bond donors (Lipinski definition) is 0. The predicted molar refractivity (Wildman–Crippen MR) is 148 cm³/mol. The number of carbonyl (C=O) groups excluding carboxylic acids is 1. The van der Waals surface area contributed by atoms with Crippen molar-refractivity contribution in [2.75, 3.05) is 13.7 Å². The molecule has 0 bridgehead atoms. The Balaban J connectivity index is 1.61. The van der Waals surface area contributed by atoms with Crippen LogP contribution >= 0.6 is 23.4 Å². The van der Waals surface area contributed by atoms with Crippen LogP contribution in [0.5, 0.6) is 11.5 Å². The highest BCUT2D eigenvalue weighted by atomic mass is 35.5. The van der Waals surface area contributed by atoms with Crippen molar-refractivity contribution < 1.29 is 22.7 Å². The zero-order valence-electron chi connectivity index (χ0n) is 20.5. The van der Waals surface area contributed by atoms with Crippen molar-refractivity contribution >= 4 is 50.5 Å². The predicted octanol–water partition coefficient (Wildman–Crippen LogP) is 5.92. The van der Waals surface area contributed by atoms with E-state index < -0.39 is 10.0 Å². The van der Waals surface area contributed by atoms with E-state index in [0.29, 0.717) is 27.0 Å². The van der Waals surface area contributed by atoms with Gasteiger partial charge in [-0.3, -0.25) is 9.69 Å². The summed E-state index contributed by atoms with van der Waals surface area (Å²) in [5.41, 5.74) is 2.45. The van der Waals surface area contributed by atoms with Crippen LogP contribution in [0.15, 0.2) is 80.9 Å². The third-order valence-corrected chi connectivity index (χ3v) is 8.32. The Morgan fingerprint density at radius 3 is 2.46 bits per heavy atom. The number of ether oxygens (including phenoxy) is 2. The van der Waals surface area contributed by atoms with E-state index in [2.05, 4.69) is 4.40 Å². The molecule has 3 aromatic rings. The molecule has 0 radical (unpaired) electrons. The second kappa shape index (κ2) is 11.4. The first-order chi connectivity index (χ1) is 17.7. The van der Waals surface area contributed by atoms with Crippen molar-refractivity contribution in [1.82, 2.24) is 4.90 Å². The second-order valence-corrected chi connectivity index (χ2v) is 11.1. The summed E-state index contributed by atoms with van der Waals surface area (Å²) >= 11 is 7.26. The number of aryl methyl sites for hydroxylation is 1. The van der Waals surface area contributed by atoms with Crippen molar-refractivity contribution in [2.45, 2.75) is 25.3 Å². The first-order valence-electron chi connectivity index (χ1n) is 11.4. The molecule has 192 valence electrons. The van der Waals surface area contributed by atoms with E-state index in [9.17, 15) is 13.2 Å². The van der Waals surface area contributed by atoms with Gasteiger partial charge in [-0.25, -0.2) is 0 Å². The van der Waals surface area contributed by atoms with Crippen LogP contribution < -0.4 is 9.47 Å². The van der Waals surface area contributed by atoms with Crippen molar-refractivity contribution in [2.24, 2.45) is 4.40 Å². The summed E-state index contributed by atoms with van der Waals surface area (Å²) in [4.78, 5) is 14.8. The highest BCUT2D eigenvalue weighted by molar-refractivity contribution is 8.19. The van der Waals surface area contributed by atoms with Gasteiger partial charge in [0.1, 0.15) is 6.61 Å². The number of halogens is 1. The van der Waals surface area contributed by atoms with Gasteiger partial charge in [0.15, 0.2) is 16.7 Å². The number of amides is 1. The van der Waals surface area contributed by atoms with Gasteiger partial charge in [-0.05, 0) is 67.6 Å². The summed E-state index contributed by atoms with van der Waals surface area (Å²) in [5.74, 6) is 0.691. The van der Waals surface area contributed by atoms with Crippen LogP contribution in [0.25, 0.3) is 6.08 Å². The first-order valence-corrected chi connectivity index (χ1v) is 14.0. The van der Waals surface area contributed by atoms with E-state index in [-0.39, 0.29) is 29.1 Å². The molecule has 1 fully saturated rings. The summed E-state index contributed by atoms with van der Waals surface area (Å²) in [5, 5.41) is 0.711. The fraction of sp³-hybridized carbons (Fsp3) is 0.185. The number of carbonyl (C=O) groups is 1. The molecule has 3 aromatic carbocycles. The molecule has 4 rings (SSSR count). The van der Waals surface area contributed by atoms with Gasteiger partial charge in [0.05, 0.1) is 16.9 Å². The van der Waals surface area contributed by atoms with Crippen LogP contribution in [-0.4, -0.2) is 38.0 Å². The number of rotatable bonds is 8. The lowest BCUT2D eigenvalue weighted by Gasteiger charge is -2.12. The SMILES string of the molecule is CCN1C(=O)/C(=C/c2ccc(OC)c(OCc3ccccc3Cl)c2)SC1=NS(=O)(=O)c1ccc(C)cc1. The standard InChI is InChI=1S/C27H25ClN2O5S2/c1-4-30-26(31)25(36-27(30)29-37(32,33)21-12-9-18(2)10-13-21)16-19-11-14-23(34-3)24(15-19)35-17-20-7-5-6-8-22(20)28/h5-16H,4,17H2,1-3H3/b25-16-,29-27?. The molecule has 0 saturated carbocycles. The average Bonchev–Trinajstić information content (AvgIpc) is 3.16. The minimum Gasteiger partial charge on any atom is -0.493 e. The monoisotopic (exact) mass is 556 g/mol. The molecule has 0 aliphatic carbocycles. The first kappa shape index (κ1) is 26.8. The van der Waals surface area contributed by atoms with E-state index in [1.54, 1.807) is 56.5 Å². The molecule has 0 aromatic heterocycles. The Kier molecular flexibility index (Phi) is 8.26. The van der Waals surface area contributed by atoms with E-state index in [4.69, 9.17) is 21.1 Å². The van der Waals surface area contributed by atoms with E-state index >= 15 is 0 Å². The van der Waals surface area contributed by atoms with Gasteiger partial charge in [0.25, 0.3) is 15.9 Å². The topological polar surface area (TPSA) is 85.3 Å². The number of amidine groups is 1. The maximum atomic E-state index is 13.1. The Bertz CT molecular complexity index is 1480. The normalized spacial score (nSPS) is 16.0. The van der Waals surface area contributed by atoms with Gasteiger partial charge >= 0.3 is 0 Å². The minimum atomic E-state index is -3.98. The number of thioether (sulfide) groups is 1. The molecule has 0 N–H and O–H groups in total. The average molecular weight is 557 g/mol. The summed E-state index contributed by atoms with van der Waals surface area (Å²) in [6, 6.07) is 19.1. The van der Waals surface area contributed by atoms with Gasteiger partial charge in [-0.2, -0.15) is 8.42 Å². The number of nitrogens with zero attached hydrogens (tertiary/aromatic N) is 2. The number of hydrogen-bond acceptors (Lipinski definition) is 6. The molecule has 10 heteroatoms. The molecule has 0 atom stereocenters. The van der Waals surface area contributed by atoms with E-state index in [1.165, 1.54) is 17.0 Å². The number of methoxy groups -OCH3 is 1. The molecule has 1 aliphatic rings. The Morgan fingerprint density at radius 1 is 1.05 bits per heavy atom. The smallest absolute Gasteiger partial charge is 0.284 e. The molecule has 1 aliphatic heterocycles. The molecule has 1 amide bonds. The van der Waals surface area contributed by atoms with Crippen molar-refractivity contribution in [1.29, 1.82) is 0 Å². The Hall–Kier alpha value is -3.27. The van der Waals surface area contributed by atoms with Crippen LogP contribution in [0.1, 0.15) is 23.6 Å². The lowest BCUT2D eigenvalue weighted by molar-refractivity contribution is -0.122. The molecular weight excluding hydrogens is 532 g/mol. The third kappa shape index (κ3) is 6.18. The van der Waals surface area contributed by atoms with Crippen LogP contribution in [-0.2, 0) is 21.4 Å². The fourth-order valence-electron chi connectivity index (χ4n) is 3.54. The van der Waals surface area contributed by atoms with Crippen molar-refractivity contribution in [3.63, 3.8) is 0 Å². The zero-order valence-corrected chi connectivity index (χ0v) is 22.9. The highest BCUT2D eigenvalue weighted by Gasteiger charge is 2.34. The quantitative estimate of drug-likeness (QED) is 0.320. The second-order valence-electron chi connectivity index (χ2n) is 8.11. The summed E-state index contributed by atoms with van der Waals surface area (Å²) in [6.45, 7) is 4.15. The molecule has 1 heterocycles. The molecular formula is C27H25ClN2O5S2. The van der Waals surface area contributed by atoms with Crippen molar-refractivity contribution in [3.8, 4) is 11.5 Å². The third-order valence-electron chi connectivity index (χ3n) is 5.55. The number of benzene rings is 3. The fourth-order valence-corrected chi connectivity index (χ4v) is 5.97. The van der Waals surface area contributed by atoms with Crippen molar-refractivity contribution in [3.05, 3.63) is 93.3 Å². The van der Waals surface area contributed by atoms with Gasteiger partial charge in [0.2, 0.25) is 0 Å². The summed E-state index contributed by atoms with van der Waals surface area (Å²) < 4.78 is 41.1. The largest absolute Gasteiger partial charge is 0.493 e. The lowest BCUT2D eigenvalue weighted by atomic mass is 10.1. The van der Waals surface area contributed by atoms with Crippen LogP contribution in [0, 0.1) is 6.92 Å². The van der Waals surface area contributed by atoms with Crippen LogP contribution in [0.3, 0.4) is 0 Å². The van der Waals surface area contributed by atoms with Gasteiger partial charge in [0, 0.05) is 17.1 Å². The number of sulfonamides is 1. The molecule has 0 unspecified atom stereocenters. The van der Waals surface area contributed by atoms with Crippen LogP contribution in [0.2, 0.25) is 5.02 Å². The van der Waals surface area contributed by atoms with Gasteiger partial charge < -0.3 is 9.47 Å². The Morgan fingerprint density at radius 2 is 1.78 bits per heavy atom. The van der Waals surface area contributed by atoms with Crippen LogP contribution in [0.4, 0.5) is 0 Å². The lowest BCUT2D eigenvalue weighted by Crippen LogP contribution is -2.29. The van der Waals surface area contributed by atoms with Gasteiger partial charge in [-0.1, -0.05) is 53.6 Å². The zero-order chi connectivity index (χ0) is 26.6. The molecule has 1 saturated heterocycles. The maximum Gasteiger partial charge on any atom is 0.284 e. The Labute approximate surface area is 225 Å². The summed E-state index contributed by atoms with van der Waals surface area (Å²) in [7, 11) is -2.43.